The molecule has 1 aliphatic rings. The van der Waals surface area contributed by atoms with Crippen LogP contribution >= 0.6 is 0 Å². The number of urea groups is 2. The van der Waals surface area contributed by atoms with Crippen LogP contribution in [-0.2, 0) is 11.3 Å². The second kappa shape index (κ2) is 6.82. The molecule has 24 heavy (non-hydrogen) atoms. The molecule has 7 heteroatoms. The standard InChI is InChI=1S/C17H16N4O3/c22-15-14(20-17(24)21-15)12-7-4-8-13(9-12)19-16(23)18-10-11-5-2-1-3-6-11/h1-9,14H,10H2,(H2,18,19,23)(H2,20,21,22,24). The van der Waals surface area contributed by atoms with Crippen LogP contribution in [-0.4, -0.2) is 18.0 Å². The van der Waals surface area contributed by atoms with E-state index in [0.717, 1.165) is 5.56 Å². The molecule has 1 atom stereocenters. The zero-order valence-electron chi connectivity index (χ0n) is 12.7. The Morgan fingerprint density at radius 1 is 1.04 bits per heavy atom. The molecule has 0 bridgehead atoms. The van der Waals surface area contributed by atoms with E-state index in [9.17, 15) is 14.4 Å². The van der Waals surface area contributed by atoms with Crippen LogP contribution in [0.4, 0.5) is 15.3 Å². The fourth-order valence-corrected chi connectivity index (χ4v) is 2.40. The van der Waals surface area contributed by atoms with Gasteiger partial charge in [0.1, 0.15) is 6.04 Å². The maximum Gasteiger partial charge on any atom is 0.322 e. The molecule has 1 aliphatic heterocycles. The molecule has 0 spiro atoms. The summed E-state index contributed by atoms with van der Waals surface area (Å²) in [7, 11) is 0. The number of nitrogens with one attached hydrogen (secondary N) is 4. The summed E-state index contributed by atoms with van der Waals surface area (Å²) in [5.41, 5.74) is 2.12. The Morgan fingerprint density at radius 3 is 2.54 bits per heavy atom. The van der Waals surface area contributed by atoms with Gasteiger partial charge in [-0.15, -0.1) is 0 Å². The highest BCUT2D eigenvalue weighted by Gasteiger charge is 2.30. The van der Waals surface area contributed by atoms with E-state index < -0.39 is 18.0 Å². The minimum atomic E-state index is -0.744. The topological polar surface area (TPSA) is 99.3 Å². The minimum absolute atomic E-state index is 0.351. The first-order chi connectivity index (χ1) is 11.6. The molecule has 7 nitrogen and oxygen atoms in total. The summed E-state index contributed by atoms with van der Waals surface area (Å²) >= 11 is 0. The van der Waals surface area contributed by atoms with Crippen molar-refractivity contribution < 1.29 is 14.4 Å². The van der Waals surface area contributed by atoms with Crippen molar-refractivity contribution >= 4 is 23.7 Å². The predicted octanol–water partition coefficient (Wildman–Crippen LogP) is 1.89. The average molecular weight is 324 g/mol. The molecule has 0 radical (unpaired) electrons. The van der Waals surface area contributed by atoms with Gasteiger partial charge in [0.15, 0.2) is 0 Å². The lowest BCUT2D eigenvalue weighted by Crippen LogP contribution is -2.28. The number of imide groups is 1. The van der Waals surface area contributed by atoms with Crippen LogP contribution in [0.25, 0.3) is 0 Å². The molecule has 1 unspecified atom stereocenters. The first-order valence-electron chi connectivity index (χ1n) is 7.42. The number of benzene rings is 2. The summed E-state index contributed by atoms with van der Waals surface area (Å²) in [6.07, 6.45) is 0. The molecular formula is C17H16N4O3. The minimum Gasteiger partial charge on any atom is -0.334 e. The lowest BCUT2D eigenvalue weighted by Gasteiger charge is -2.11. The molecule has 5 amide bonds. The number of hydrogen-bond acceptors (Lipinski definition) is 3. The second-order valence-corrected chi connectivity index (χ2v) is 5.31. The number of anilines is 1. The number of carbonyl (C=O) groups is 3. The third kappa shape index (κ3) is 3.70. The molecule has 0 aliphatic carbocycles. The van der Waals surface area contributed by atoms with E-state index >= 15 is 0 Å². The van der Waals surface area contributed by atoms with Crippen LogP contribution in [0.3, 0.4) is 0 Å². The molecule has 4 N–H and O–H groups in total. The highest BCUT2D eigenvalue weighted by molar-refractivity contribution is 6.04. The van der Waals surface area contributed by atoms with Crippen molar-refractivity contribution in [3.63, 3.8) is 0 Å². The van der Waals surface area contributed by atoms with Gasteiger partial charge in [-0.3, -0.25) is 10.1 Å². The lowest BCUT2D eigenvalue weighted by molar-refractivity contribution is -0.120. The highest BCUT2D eigenvalue weighted by Crippen LogP contribution is 2.20. The van der Waals surface area contributed by atoms with Crippen LogP contribution in [0.1, 0.15) is 17.2 Å². The van der Waals surface area contributed by atoms with E-state index in [4.69, 9.17) is 0 Å². The maximum atomic E-state index is 12.0. The summed E-state index contributed by atoms with van der Waals surface area (Å²) in [6, 6.07) is 14.7. The van der Waals surface area contributed by atoms with E-state index in [1.165, 1.54) is 0 Å². The van der Waals surface area contributed by atoms with Gasteiger partial charge in [-0.25, -0.2) is 9.59 Å². The zero-order valence-corrected chi connectivity index (χ0v) is 12.7. The molecule has 1 fully saturated rings. The van der Waals surface area contributed by atoms with Gasteiger partial charge in [-0.1, -0.05) is 42.5 Å². The molecule has 0 saturated carbocycles. The first kappa shape index (κ1) is 15.5. The third-order valence-corrected chi connectivity index (χ3v) is 3.55. The van der Waals surface area contributed by atoms with Gasteiger partial charge in [0.2, 0.25) is 0 Å². The van der Waals surface area contributed by atoms with Crippen LogP contribution in [0.5, 0.6) is 0 Å². The normalized spacial score (nSPS) is 16.2. The smallest absolute Gasteiger partial charge is 0.322 e. The average Bonchev–Trinajstić information content (AvgIpc) is 2.93. The SMILES string of the molecule is O=C(NCc1ccccc1)Nc1cccc(C2NC(=O)NC2=O)c1. The summed E-state index contributed by atoms with van der Waals surface area (Å²) in [6.45, 7) is 0.410. The van der Waals surface area contributed by atoms with Crippen molar-refractivity contribution in [1.29, 1.82) is 0 Å². The van der Waals surface area contributed by atoms with E-state index in [1.807, 2.05) is 30.3 Å². The number of amides is 5. The Kier molecular flexibility index (Phi) is 4.42. The summed E-state index contributed by atoms with van der Waals surface area (Å²) in [5.74, 6) is -0.411. The van der Waals surface area contributed by atoms with Crippen molar-refractivity contribution in [2.75, 3.05) is 5.32 Å². The molecule has 1 saturated heterocycles. The fourth-order valence-electron chi connectivity index (χ4n) is 2.40. The van der Waals surface area contributed by atoms with Crippen molar-refractivity contribution in [2.45, 2.75) is 12.6 Å². The van der Waals surface area contributed by atoms with Gasteiger partial charge in [0.25, 0.3) is 5.91 Å². The second-order valence-electron chi connectivity index (χ2n) is 5.31. The number of hydrogen-bond donors (Lipinski definition) is 4. The van der Waals surface area contributed by atoms with Gasteiger partial charge < -0.3 is 16.0 Å². The predicted molar refractivity (Wildman–Crippen MR) is 88.2 cm³/mol. The van der Waals surface area contributed by atoms with Gasteiger partial charge in [-0.05, 0) is 23.3 Å². The Hall–Kier alpha value is -3.35. The van der Waals surface area contributed by atoms with Crippen LogP contribution in [0.15, 0.2) is 54.6 Å². The van der Waals surface area contributed by atoms with Crippen LogP contribution in [0, 0.1) is 0 Å². The molecule has 3 rings (SSSR count). The number of carbonyl (C=O) groups excluding carboxylic acids is 3. The molecule has 2 aromatic rings. The maximum absolute atomic E-state index is 12.0. The van der Waals surface area contributed by atoms with Gasteiger partial charge in [0.05, 0.1) is 0 Å². The molecule has 2 aromatic carbocycles. The lowest BCUT2D eigenvalue weighted by atomic mass is 10.1. The van der Waals surface area contributed by atoms with Crippen molar-refractivity contribution in [3.05, 3.63) is 65.7 Å². The largest absolute Gasteiger partial charge is 0.334 e. The van der Waals surface area contributed by atoms with E-state index in [2.05, 4.69) is 21.3 Å². The van der Waals surface area contributed by atoms with E-state index in [0.29, 0.717) is 17.8 Å². The van der Waals surface area contributed by atoms with Crippen molar-refractivity contribution in [3.8, 4) is 0 Å². The van der Waals surface area contributed by atoms with Gasteiger partial charge in [-0.2, -0.15) is 0 Å². The molecule has 1 heterocycles. The fraction of sp³-hybridized carbons (Fsp3) is 0.118. The quantitative estimate of drug-likeness (QED) is 0.646. The summed E-state index contributed by atoms with van der Waals surface area (Å²) in [5, 5.41) is 10.2. The van der Waals surface area contributed by atoms with Crippen molar-refractivity contribution in [2.24, 2.45) is 0 Å². The van der Waals surface area contributed by atoms with Gasteiger partial charge >= 0.3 is 12.1 Å². The summed E-state index contributed by atoms with van der Waals surface area (Å²) in [4.78, 5) is 34.8. The zero-order chi connectivity index (χ0) is 16.9. The number of rotatable bonds is 4. The highest BCUT2D eigenvalue weighted by atomic mass is 16.2. The van der Waals surface area contributed by atoms with Crippen molar-refractivity contribution in [1.82, 2.24) is 16.0 Å². The van der Waals surface area contributed by atoms with E-state index in [1.54, 1.807) is 24.3 Å². The van der Waals surface area contributed by atoms with Crippen LogP contribution in [0.2, 0.25) is 0 Å². The Labute approximate surface area is 138 Å². The summed E-state index contributed by atoms with van der Waals surface area (Å²) < 4.78 is 0. The monoisotopic (exact) mass is 324 g/mol. The molecular weight excluding hydrogens is 308 g/mol. The third-order valence-electron chi connectivity index (χ3n) is 3.55. The Bertz CT molecular complexity index is 776. The first-order valence-corrected chi connectivity index (χ1v) is 7.42. The van der Waals surface area contributed by atoms with Gasteiger partial charge in [0, 0.05) is 12.2 Å². The molecule has 0 aromatic heterocycles. The Morgan fingerprint density at radius 2 is 1.83 bits per heavy atom. The van der Waals surface area contributed by atoms with Crippen LogP contribution < -0.4 is 21.3 Å². The van der Waals surface area contributed by atoms with E-state index in [-0.39, 0.29) is 6.03 Å². The Balaban J connectivity index is 1.61. The molecule has 122 valence electrons.